The molecule has 1 heterocycles. The Balaban J connectivity index is 1.40. The number of aryl methyl sites for hydroxylation is 1. The molecular formula is C24H32N4O3. The fraction of sp³-hybridized carbons (Fsp3) is 0.417. The van der Waals surface area contributed by atoms with Crippen molar-refractivity contribution in [1.29, 1.82) is 0 Å². The molecule has 0 radical (unpaired) electrons. The number of rotatable bonds is 8. The second kappa shape index (κ2) is 11.5. The van der Waals surface area contributed by atoms with E-state index >= 15 is 0 Å². The van der Waals surface area contributed by atoms with E-state index in [-0.39, 0.29) is 25.0 Å². The lowest BCUT2D eigenvalue weighted by Crippen LogP contribution is -2.48. The van der Waals surface area contributed by atoms with Gasteiger partial charge in [0.25, 0.3) is 5.91 Å². The molecule has 1 aliphatic heterocycles. The van der Waals surface area contributed by atoms with Crippen LogP contribution in [0.15, 0.2) is 48.5 Å². The fourth-order valence-corrected chi connectivity index (χ4v) is 3.63. The molecule has 1 aliphatic rings. The van der Waals surface area contributed by atoms with Crippen LogP contribution in [-0.4, -0.2) is 54.4 Å². The Bertz CT molecular complexity index is 846. The first-order valence-electron chi connectivity index (χ1n) is 11.0. The van der Waals surface area contributed by atoms with Gasteiger partial charge in [-0.2, -0.15) is 0 Å². The van der Waals surface area contributed by atoms with Crippen LogP contribution in [0.5, 0.6) is 0 Å². The lowest BCUT2D eigenvalue weighted by Gasteiger charge is -2.24. The number of benzene rings is 2. The van der Waals surface area contributed by atoms with Crippen molar-refractivity contribution in [3.05, 3.63) is 59.7 Å². The molecule has 1 unspecified atom stereocenters. The summed E-state index contributed by atoms with van der Waals surface area (Å²) in [4.78, 5) is 24.3. The number of carbonyl (C=O) groups is 2. The number of carbonyl (C=O) groups excluding carboxylic acids is 2. The number of amides is 3. The summed E-state index contributed by atoms with van der Waals surface area (Å²) in [5, 5.41) is 19.3. The van der Waals surface area contributed by atoms with Gasteiger partial charge < -0.3 is 16.0 Å². The summed E-state index contributed by atoms with van der Waals surface area (Å²) < 4.78 is 0. The molecule has 4 N–H and O–H groups in total. The maximum Gasteiger partial charge on any atom is 0.341 e. The molecule has 0 aromatic heterocycles. The SMILES string of the molecule is CCc1ccc(-c2ccc(C(=O)NCCN(O)C(=O)NCC3CCCCN3)cc2)cc1. The summed E-state index contributed by atoms with van der Waals surface area (Å²) in [6, 6.07) is 15.5. The van der Waals surface area contributed by atoms with E-state index in [1.165, 1.54) is 5.56 Å². The van der Waals surface area contributed by atoms with Gasteiger partial charge in [-0.1, -0.05) is 49.7 Å². The average Bonchev–Trinajstić information content (AvgIpc) is 2.83. The van der Waals surface area contributed by atoms with Gasteiger partial charge in [-0.3, -0.25) is 10.0 Å². The van der Waals surface area contributed by atoms with Crippen LogP contribution in [0.2, 0.25) is 0 Å². The predicted octanol–water partition coefficient (Wildman–Crippen LogP) is 3.19. The lowest BCUT2D eigenvalue weighted by molar-refractivity contribution is -0.0416. The first kappa shape index (κ1) is 22.8. The number of urea groups is 1. The summed E-state index contributed by atoms with van der Waals surface area (Å²) in [5.41, 5.74) is 3.97. The molecule has 1 fully saturated rings. The molecule has 0 aliphatic carbocycles. The van der Waals surface area contributed by atoms with Crippen LogP contribution in [0.25, 0.3) is 11.1 Å². The molecule has 0 bridgehead atoms. The highest BCUT2D eigenvalue weighted by Crippen LogP contribution is 2.20. The molecule has 7 nitrogen and oxygen atoms in total. The second-order valence-corrected chi connectivity index (χ2v) is 7.84. The number of hydrogen-bond acceptors (Lipinski definition) is 4. The van der Waals surface area contributed by atoms with E-state index < -0.39 is 6.03 Å². The Kier molecular flexibility index (Phi) is 8.44. The van der Waals surface area contributed by atoms with Gasteiger partial charge in [0.2, 0.25) is 0 Å². The first-order chi connectivity index (χ1) is 15.1. The zero-order valence-electron chi connectivity index (χ0n) is 18.1. The topological polar surface area (TPSA) is 93.7 Å². The Morgan fingerprint density at radius 3 is 2.32 bits per heavy atom. The Morgan fingerprint density at radius 1 is 1.03 bits per heavy atom. The van der Waals surface area contributed by atoms with E-state index in [4.69, 9.17) is 0 Å². The van der Waals surface area contributed by atoms with Crippen molar-refractivity contribution in [2.24, 2.45) is 0 Å². The highest BCUT2D eigenvalue weighted by Gasteiger charge is 2.16. The number of hydroxylamine groups is 2. The highest BCUT2D eigenvalue weighted by molar-refractivity contribution is 5.94. The molecule has 3 rings (SSSR count). The molecular weight excluding hydrogens is 392 g/mol. The molecule has 0 saturated carbocycles. The van der Waals surface area contributed by atoms with Gasteiger partial charge in [-0.25, -0.2) is 9.86 Å². The van der Waals surface area contributed by atoms with E-state index in [1.807, 2.05) is 12.1 Å². The van der Waals surface area contributed by atoms with Gasteiger partial charge in [-0.15, -0.1) is 0 Å². The van der Waals surface area contributed by atoms with Gasteiger partial charge in [0.15, 0.2) is 0 Å². The number of nitrogens with one attached hydrogen (secondary N) is 3. The van der Waals surface area contributed by atoms with Crippen LogP contribution in [0, 0.1) is 0 Å². The Labute approximate surface area is 183 Å². The largest absolute Gasteiger partial charge is 0.350 e. The molecule has 7 heteroatoms. The zero-order valence-corrected chi connectivity index (χ0v) is 18.1. The first-order valence-corrected chi connectivity index (χ1v) is 11.0. The Hall–Kier alpha value is -2.90. The number of nitrogens with zero attached hydrogens (tertiary/aromatic N) is 1. The van der Waals surface area contributed by atoms with Crippen molar-refractivity contribution >= 4 is 11.9 Å². The van der Waals surface area contributed by atoms with Crippen molar-refractivity contribution in [3.8, 4) is 11.1 Å². The van der Waals surface area contributed by atoms with Gasteiger partial charge >= 0.3 is 6.03 Å². The van der Waals surface area contributed by atoms with E-state index in [0.29, 0.717) is 17.2 Å². The molecule has 1 saturated heterocycles. The number of piperidine rings is 1. The normalized spacial score (nSPS) is 15.9. The minimum Gasteiger partial charge on any atom is -0.350 e. The molecule has 31 heavy (non-hydrogen) atoms. The van der Waals surface area contributed by atoms with Crippen molar-refractivity contribution < 1.29 is 14.8 Å². The molecule has 166 valence electrons. The summed E-state index contributed by atoms with van der Waals surface area (Å²) in [5.74, 6) is -0.243. The highest BCUT2D eigenvalue weighted by atomic mass is 16.5. The van der Waals surface area contributed by atoms with Crippen LogP contribution in [0.4, 0.5) is 4.79 Å². The molecule has 2 aromatic rings. The lowest BCUT2D eigenvalue weighted by atomic mass is 10.0. The molecule has 3 amide bonds. The van der Waals surface area contributed by atoms with Crippen molar-refractivity contribution in [1.82, 2.24) is 21.0 Å². The molecule has 1 atom stereocenters. The predicted molar refractivity (Wildman–Crippen MR) is 121 cm³/mol. The standard InChI is InChI=1S/C24H32N4O3/c1-2-18-6-8-19(9-7-18)20-10-12-21(13-11-20)23(29)26-15-16-28(31)24(30)27-17-22-5-3-4-14-25-22/h6-13,22,25,31H,2-5,14-17H2,1H3,(H,26,29)(H,27,30). The van der Waals surface area contributed by atoms with Crippen LogP contribution < -0.4 is 16.0 Å². The molecule has 2 aromatic carbocycles. The van der Waals surface area contributed by atoms with Gasteiger partial charge in [0.1, 0.15) is 0 Å². The van der Waals surface area contributed by atoms with E-state index in [2.05, 4.69) is 47.1 Å². The summed E-state index contributed by atoms with van der Waals surface area (Å²) >= 11 is 0. The smallest absolute Gasteiger partial charge is 0.341 e. The monoisotopic (exact) mass is 424 g/mol. The van der Waals surface area contributed by atoms with Crippen molar-refractivity contribution in [2.75, 3.05) is 26.2 Å². The quantitative estimate of drug-likeness (QED) is 0.387. The molecule has 0 spiro atoms. The van der Waals surface area contributed by atoms with Gasteiger partial charge in [0, 0.05) is 24.7 Å². The number of hydrogen-bond donors (Lipinski definition) is 4. The third-order valence-corrected chi connectivity index (χ3v) is 5.60. The van der Waals surface area contributed by atoms with Gasteiger partial charge in [-0.05, 0) is 54.6 Å². The minimum absolute atomic E-state index is 0.0114. The minimum atomic E-state index is -0.555. The average molecular weight is 425 g/mol. The van der Waals surface area contributed by atoms with Crippen LogP contribution in [0.1, 0.15) is 42.1 Å². The zero-order chi connectivity index (χ0) is 22.1. The van der Waals surface area contributed by atoms with Crippen molar-refractivity contribution in [3.63, 3.8) is 0 Å². The second-order valence-electron chi connectivity index (χ2n) is 7.84. The maximum atomic E-state index is 12.3. The summed E-state index contributed by atoms with van der Waals surface area (Å²) in [6.45, 7) is 3.74. The van der Waals surface area contributed by atoms with Crippen LogP contribution in [0.3, 0.4) is 0 Å². The van der Waals surface area contributed by atoms with Crippen LogP contribution in [-0.2, 0) is 6.42 Å². The summed E-state index contributed by atoms with van der Waals surface area (Å²) in [7, 11) is 0. The van der Waals surface area contributed by atoms with E-state index in [9.17, 15) is 14.8 Å². The fourth-order valence-electron chi connectivity index (χ4n) is 3.63. The van der Waals surface area contributed by atoms with Crippen LogP contribution >= 0.6 is 0 Å². The van der Waals surface area contributed by atoms with E-state index in [1.54, 1.807) is 12.1 Å². The van der Waals surface area contributed by atoms with E-state index in [0.717, 1.165) is 43.4 Å². The van der Waals surface area contributed by atoms with Gasteiger partial charge in [0.05, 0.1) is 6.54 Å². The third-order valence-electron chi connectivity index (χ3n) is 5.60. The summed E-state index contributed by atoms with van der Waals surface area (Å²) in [6.07, 6.45) is 4.33. The third kappa shape index (κ3) is 6.80. The van der Waals surface area contributed by atoms with Crippen molar-refractivity contribution in [2.45, 2.75) is 38.6 Å². The maximum absolute atomic E-state index is 12.3. The Morgan fingerprint density at radius 2 is 1.71 bits per heavy atom.